The number of terminal acetylenes is 1. The van der Waals surface area contributed by atoms with Crippen LogP contribution in [-0.2, 0) is 0 Å². The van der Waals surface area contributed by atoms with E-state index < -0.39 is 0 Å². The van der Waals surface area contributed by atoms with Crippen molar-refractivity contribution in [3.63, 3.8) is 0 Å². The summed E-state index contributed by atoms with van der Waals surface area (Å²) in [6.45, 7) is 4.70. The molecule has 0 aliphatic rings. The Bertz CT molecular complexity index is 322. The van der Waals surface area contributed by atoms with Crippen LogP contribution in [0, 0.1) is 12.3 Å². The average Bonchev–Trinajstić information content (AvgIpc) is 2.25. The molecule has 0 amide bonds. The summed E-state index contributed by atoms with van der Waals surface area (Å²) in [5.74, 6) is 3.91. The van der Waals surface area contributed by atoms with Gasteiger partial charge >= 0.3 is 0 Å². The third-order valence-electron chi connectivity index (χ3n) is 2.37. The lowest BCUT2D eigenvalue weighted by Crippen LogP contribution is -2.00. The molecule has 1 heteroatoms. The number of rotatable bonds is 4. The van der Waals surface area contributed by atoms with Gasteiger partial charge in [0.2, 0.25) is 0 Å². The molecule has 0 aliphatic carbocycles. The minimum atomic E-state index is 0.341. The van der Waals surface area contributed by atoms with E-state index in [4.69, 9.17) is 11.2 Å². The Labute approximate surface area is 86.1 Å². The summed E-state index contributed by atoms with van der Waals surface area (Å²) in [5, 5.41) is 0. The molecule has 0 fully saturated rings. The third kappa shape index (κ3) is 2.53. The van der Waals surface area contributed by atoms with Gasteiger partial charge in [-0.25, -0.2) is 0 Å². The van der Waals surface area contributed by atoms with E-state index in [0.717, 1.165) is 12.2 Å². The number of ether oxygens (including phenoxy) is 1. The first-order chi connectivity index (χ1) is 6.79. The lowest BCUT2D eigenvalue weighted by molar-refractivity contribution is 0.363. The lowest BCUT2D eigenvalue weighted by atomic mass is 9.98. The van der Waals surface area contributed by atoms with E-state index in [9.17, 15) is 0 Å². The molecule has 0 spiro atoms. The predicted octanol–water partition coefficient (Wildman–Crippen LogP) is 3.21. The second-order valence-corrected chi connectivity index (χ2v) is 3.34. The molecule has 0 bridgehead atoms. The fraction of sp³-hybridized carbons (Fsp3) is 0.385. The molecular formula is C13H16O. The second kappa shape index (κ2) is 5.34. The summed E-state index contributed by atoms with van der Waals surface area (Å²) in [6.07, 6.45) is 6.27. The zero-order valence-corrected chi connectivity index (χ0v) is 8.79. The standard InChI is InChI=1S/C13H16O/c1-4-10-14-13-9-7-6-8-12(13)11(3)5-2/h1,6-9,11H,5,10H2,2-3H3. The van der Waals surface area contributed by atoms with Crippen molar-refractivity contribution in [1.29, 1.82) is 0 Å². The minimum absolute atomic E-state index is 0.341. The van der Waals surface area contributed by atoms with E-state index in [1.54, 1.807) is 0 Å². The van der Waals surface area contributed by atoms with Gasteiger partial charge in [-0.15, -0.1) is 6.42 Å². The van der Waals surface area contributed by atoms with Gasteiger partial charge in [0, 0.05) is 0 Å². The van der Waals surface area contributed by atoms with Gasteiger partial charge in [-0.3, -0.25) is 0 Å². The zero-order valence-electron chi connectivity index (χ0n) is 8.79. The van der Waals surface area contributed by atoms with Gasteiger partial charge in [0.25, 0.3) is 0 Å². The van der Waals surface area contributed by atoms with Crippen molar-refractivity contribution in [2.75, 3.05) is 6.61 Å². The quantitative estimate of drug-likeness (QED) is 0.659. The van der Waals surface area contributed by atoms with Gasteiger partial charge in [-0.05, 0) is 24.0 Å². The van der Waals surface area contributed by atoms with Crippen LogP contribution in [0.5, 0.6) is 5.75 Å². The molecule has 74 valence electrons. The minimum Gasteiger partial charge on any atom is -0.481 e. The van der Waals surface area contributed by atoms with Crippen LogP contribution < -0.4 is 4.74 Å². The topological polar surface area (TPSA) is 9.23 Å². The van der Waals surface area contributed by atoms with Crippen molar-refractivity contribution >= 4 is 0 Å². The number of benzene rings is 1. The SMILES string of the molecule is C#CCOc1ccccc1C(C)CC. The molecule has 0 saturated heterocycles. The Kier molecular flexibility index (Phi) is 4.07. The van der Waals surface area contributed by atoms with E-state index in [0.29, 0.717) is 12.5 Å². The summed E-state index contributed by atoms with van der Waals surface area (Å²) in [4.78, 5) is 0. The Morgan fingerprint density at radius 2 is 2.14 bits per heavy atom. The maximum atomic E-state index is 5.47. The van der Waals surface area contributed by atoms with Crippen LogP contribution in [0.2, 0.25) is 0 Å². The van der Waals surface area contributed by atoms with E-state index in [1.165, 1.54) is 5.56 Å². The average molecular weight is 188 g/mol. The Morgan fingerprint density at radius 1 is 1.43 bits per heavy atom. The fourth-order valence-corrected chi connectivity index (χ4v) is 1.36. The summed E-state index contributed by atoms with van der Waals surface area (Å²) in [7, 11) is 0. The smallest absolute Gasteiger partial charge is 0.148 e. The highest BCUT2D eigenvalue weighted by molar-refractivity contribution is 5.36. The number of hydrogen-bond donors (Lipinski definition) is 0. The summed E-state index contributed by atoms with van der Waals surface area (Å²) >= 11 is 0. The van der Waals surface area contributed by atoms with Crippen LogP contribution in [0.15, 0.2) is 24.3 Å². The zero-order chi connectivity index (χ0) is 10.4. The Hall–Kier alpha value is -1.42. The maximum absolute atomic E-state index is 5.47. The molecule has 1 aromatic rings. The highest BCUT2D eigenvalue weighted by Gasteiger charge is 2.08. The fourth-order valence-electron chi connectivity index (χ4n) is 1.36. The van der Waals surface area contributed by atoms with E-state index >= 15 is 0 Å². The predicted molar refractivity (Wildman–Crippen MR) is 59.5 cm³/mol. The van der Waals surface area contributed by atoms with Gasteiger partial charge in [0.05, 0.1) is 0 Å². The van der Waals surface area contributed by atoms with Gasteiger partial charge in [0.1, 0.15) is 12.4 Å². The number of para-hydroxylation sites is 1. The van der Waals surface area contributed by atoms with Crippen LogP contribution in [0.4, 0.5) is 0 Å². The van der Waals surface area contributed by atoms with E-state index in [2.05, 4.69) is 25.8 Å². The molecule has 0 N–H and O–H groups in total. The van der Waals surface area contributed by atoms with Gasteiger partial charge in [0.15, 0.2) is 0 Å². The molecule has 1 aromatic carbocycles. The van der Waals surface area contributed by atoms with E-state index in [1.807, 2.05) is 18.2 Å². The molecule has 1 rings (SSSR count). The molecule has 0 aromatic heterocycles. The summed E-state index contributed by atoms with van der Waals surface area (Å²) in [5.41, 5.74) is 1.24. The van der Waals surface area contributed by atoms with Crippen molar-refractivity contribution in [2.45, 2.75) is 26.2 Å². The first-order valence-corrected chi connectivity index (χ1v) is 4.94. The molecule has 1 atom stereocenters. The highest BCUT2D eigenvalue weighted by Crippen LogP contribution is 2.28. The summed E-state index contributed by atoms with van der Waals surface area (Å²) < 4.78 is 5.47. The first kappa shape index (κ1) is 10.7. The molecule has 0 heterocycles. The van der Waals surface area contributed by atoms with E-state index in [-0.39, 0.29) is 0 Å². The van der Waals surface area contributed by atoms with Gasteiger partial charge in [-0.2, -0.15) is 0 Å². The first-order valence-electron chi connectivity index (χ1n) is 4.94. The van der Waals surface area contributed by atoms with Crippen molar-refractivity contribution < 1.29 is 4.74 Å². The normalized spacial score (nSPS) is 11.8. The largest absolute Gasteiger partial charge is 0.481 e. The van der Waals surface area contributed by atoms with Crippen molar-refractivity contribution in [3.05, 3.63) is 29.8 Å². The third-order valence-corrected chi connectivity index (χ3v) is 2.37. The van der Waals surface area contributed by atoms with Crippen molar-refractivity contribution in [2.24, 2.45) is 0 Å². The van der Waals surface area contributed by atoms with Crippen molar-refractivity contribution in [3.8, 4) is 18.1 Å². The van der Waals surface area contributed by atoms with Gasteiger partial charge < -0.3 is 4.74 Å². The maximum Gasteiger partial charge on any atom is 0.148 e. The van der Waals surface area contributed by atoms with Crippen LogP contribution in [-0.4, -0.2) is 6.61 Å². The Morgan fingerprint density at radius 3 is 2.79 bits per heavy atom. The molecule has 0 saturated carbocycles. The molecule has 14 heavy (non-hydrogen) atoms. The second-order valence-electron chi connectivity index (χ2n) is 3.34. The highest BCUT2D eigenvalue weighted by atomic mass is 16.5. The van der Waals surface area contributed by atoms with Crippen LogP contribution >= 0.6 is 0 Å². The molecule has 0 aliphatic heterocycles. The van der Waals surface area contributed by atoms with Crippen LogP contribution in [0.1, 0.15) is 31.7 Å². The molecule has 0 radical (unpaired) electrons. The van der Waals surface area contributed by atoms with Crippen molar-refractivity contribution in [1.82, 2.24) is 0 Å². The number of hydrogen-bond acceptors (Lipinski definition) is 1. The van der Waals surface area contributed by atoms with Crippen LogP contribution in [0.3, 0.4) is 0 Å². The monoisotopic (exact) mass is 188 g/mol. The molecular weight excluding hydrogens is 172 g/mol. The van der Waals surface area contributed by atoms with Gasteiger partial charge in [-0.1, -0.05) is 38.0 Å². The molecule has 1 unspecified atom stereocenters. The summed E-state index contributed by atoms with van der Waals surface area (Å²) in [6, 6.07) is 8.07. The van der Waals surface area contributed by atoms with Crippen LogP contribution in [0.25, 0.3) is 0 Å². The molecule has 1 nitrogen and oxygen atoms in total. The Balaban J connectivity index is 2.86. The lowest BCUT2D eigenvalue weighted by Gasteiger charge is -2.14.